The molecule has 0 radical (unpaired) electrons. The molecule has 1 N–H and O–H groups in total. The monoisotopic (exact) mass is 271 g/mol. The van der Waals surface area contributed by atoms with E-state index >= 15 is 0 Å². The summed E-state index contributed by atoms with van der Waals surface area (Å²) in [6.45, 7) is 12.7. The van der Waals surface area contributed by atoms with Crippen molar-refractivity contribution < 1.29 is 0 Å². The average Bonchev–Trinajstić information content (AvgIpc) is 2.67. The number of nitrogens with one attached hydrogen (secondary N) is 1. The Labute approximate surface area is 122 Å². The summed E-state index contributed by atoms with van der Waals surface area (Å²) in [6.07, 6.45) is 1.16. The molecule has 0 spiro atoms. The van der Waals surface area contributed by atoms with Crippen LogP contribution in [0.2, 0.25) is 0 Å². The molecule has 0 saturated carbocycles. The molecule has 0 aliphatic rings. The Morgan fingerprint density at radius 2 is 1.90 bits per heavy atom. The van der Waals surface area contributed by atoms with E-state index in [2.05, 4.69) is 62.8 Å². The number of benzene rings is 1. The van der Waals surface area contributed by atoms with Crippen LogP contribution in [0, 0.1) is 27.7 Å². The topological polar surface area (TPSA) is 29.9 Å². The Morgan fingerprint density at radius 3 is 2.55 bits per heavy atom. The maximum absolute atomic E-state index is 4.73. The van der Waals surface area contributed by atoms with Crippen molar-refractivity contribution in [1.82, 2.24) is 15.1 Å². The predicted molar refractivity (Wildman–Crippen MR) is 84.5 cm³/mol. The minimum atomic E-state index is 0.899. The smallest absolute Gasteiger partial charge is 0.0678 e. The maximum Gasteiger partial charge on any atom is 0.0678 e. The van der Waals surface area contributed by atoms with Gasteiger partial charge in [0.1, 0.15) is 0 Å². The summed E-state index contributed by atoms with van der Waals surface area (Å²) in [5.41, 5.74) is 7.40. The standard InChI is InChI=1S/C17H25N3/c1-6-9-18-11-16-14(4)19-20(15(16)5)17-8-7-12(2)10-13(17)3/h7-8,10,18H,6,9,11H2,1-5H3. The number of aromatic nitrogens is 2. The lowest BCUT2D eigenvalue weighted by Crippen LogP contribution is -2.15. The van der Waals surface area contributed by atoms with E-state index in [4.69, 9.17) is 5.10 Å². The number of hydrogen-bond donors (Lipinski definition) is 1. The average molecular weight is 271 g/mol. The zero-order chi connectivity index (χ0) is 14.7. The summed E-state index contributed by atoms with van der Waals surface area (Å²) in [7, 11) is 0. The van der Waals surface area contributed by atoms with E-state index in [1.165, 1.54) is 28.1 Å². The molecule has 20 heavy (non-hydrogen) atoms. The molecule has 0 fully saturated rings. The summed E-state index contributed by atoms with van der Waals surface area (Å²) in [5, 5.41) is 8.19. The molecule has 0 aliphatic heterocycles. The van der Waals surface area contributed by atoms with Crippen LogP contribution in [0.1, 0.15) is 41.4 Å². The molecule has 2 rings (SSSR count). The molecular formula is C17H25N3. The molecule has 1 aromatic heterocycles. The van der Waals surface area contributed by atoms with Gasteiger partial charge in [0.25, 0.3) is 0 Å². The minimum Gasteiger partial charge on any atom is -0.313 e. The number of rotatable bonds is 5. The summed E-state index contributed by atoms with van der Waals surface area (Å²) in [5.74, 6) is 0. The van der Waals surface area contributed by atoms with Gasteiger partial charge in [-0.15, -0.1) is 0 Å². The highest BCUT2D eigenvalue weighted by molar-refractivity contribution is 5.44. The Hall–Kier alpha value is -1.61. The van der Waals surface area contributed by atoms with E-state index < -0.39 is 0 Å². The van der Waals surface area contributed by atoms with Crippen LogP contribution < -0.4 is 5.32 Å². The van der Waals surface area contributed by atoms with Crippen molar-refractivity contribution in [2.75, 3.05) is 6.54 Å². The fourth-order valence-electron chi connectivity index (χ4n) is 2.60. The molecule has 108 valence electrons. The van der Waals surface area contributed by atoms with Gasteiger partial charge in [-0.3, -0.25) is 0 Å². The zero-order valence-corrected chi connectivity index (χ0v) is 13.2. The van der Waals surface area contributed by atoms with Gasteiger partial charge < -0.3 is 5.32 Å². The van der Waals surface area contributed by atoms with Crippen LogP contribution in [0.15, 0.2) is 18.2 Å². The third-order valence-electron chi connectivity index (χ3n) is 3.75. The molecule has 3 heteroatoms. The first-order valence-corrected chi connectivity index (χ1v) is 7.38. The van der Waals surface area contributed by atoms with E-state index in [1.54, 1.807) is 0 Å². The first-order valence-electron chi connectivity index (χ1n) is 7.38. The van der Waals surface area contributed by atoms with Gasteiger partial charge in [0, 0.05) is 17.8 Å². The van der Waals surface area contributed by atoms with Crippen LogP contribution in [0.5, 0.6) is 0 Å². The predicted octanol–water partition coefficient (Wildman–Crippen LogP) is 3.61. The highest BCUT2D eigenvalue weighted by atomic mass is 15.3. The second-order valence-corrected chi connectivity index (χ2v) is 5.53. The molecule has 0 aliphatic carbocycles. The van der Waals surface area contributed by atoms with Crippen molar-refractivity contribution in [2.24, 2.45) is 0 Å². The van der Waals surface area contributed by atoms with Crippen molar-refractivity contribution in [3.05, 3.63) is 46.3 Å². The lowest BCUT2D eigenvalue weighted by atomic mass is 10.1. The third-order valence-corrected chi connectivity index (χ3v) is 3.75. The first-order chi connectivity index (χ1) is 9.54. The number of aryl methyl sites for hydroxylation is 3. The fraction of sp³-hybridized carbons (Fsp3) is 0.471. The van der Waals surface area contributed by atoms with Gasteiger partial charge in [0.05, 0.1) is 11.4 Å². The van der Waals surface area contributed by atoms with Crippen LogP contribution in [0.3, 0.4) is 0 Å². The minimum absolute atomic E-state index is 0.899. The van der Waals surface area contributed by atoms with Crippen LogP contribution in [-0.2, 0) is 6.54 Å². The highest BCUT2D eigenvalue weighted by Crippen LogP contribution is 2.21. The van der Waals surface area contributed by atoms with Crippen LogP contribution >= 0.6 is 0 Å². The lowest BCUT2D eigenvalue weighted by molar-refractivity contribution is 0.670. The van der Waals surface area contributed by atoms with Crippen molar-refractivity contribution in [2.45, 2.75) is 47.6 Å². The zero-order valence-electron chi connectivity index (χ0n) is 13.2. The van der Waals surface area contributed by atoms with Gasteiger partial charge in [-0.2, -0.15) is 5.10 Å². The van der Waals surface area contributed by atoms with E-state index in [0.29, 0.717) is 0 Å². The lowest BCUT2D eigenvalue weighted by Gasteiger charge is -2.10. The fourth-order valence-corrected chi connectivity index (χ4v) is 2.60. The van der Waals surface area contributed by atoms with Gasteiger partial charge in [0.2, 0.25) is 0 Å². The Morgan fingerprint density at radius 1 is 1.15 bits per heavy atom. The maximum atomic E-state index is 4.73. The van der Waals surface area contributed by atoms with Gasteiger partial charge >= 0.3 is 0 Å². The number of hydrogen-bond acceptors (Lipinski definition) is 2. The van der Waals surface area contributed by atoms with Crippen LogP contribution in [0.25, 0.3) is 5.69 Å². The summed E-state index contributed by atoms with van der Waals surface area (Å²) in [6, 6.07) is 6.52. The van der Waals surface area contributed by atoms with Crippen molar-refractivity contribution in [1.29, 1.82) is 0 Å². The molecule has 0 amide bonds. The molecule has 1 aromatic carbocycles. The summed E-state index contributed by atoms with van der Waals surface area (Å²) >= 11 is 0. The van der Waals surface area contributed by atoms with Crippen molar-refractivity contribution in [3.8, 4) is 5.69 Å². The largest absolute Gasteiger partial charge is 0.313 e. The van der Waals surface area contributed by atoms with E-state index in [9.17, 15) is 0 Å². The van der Waals surface area contributed by atoms with Crippen molar-refractivity contribution >= 4 is 0 Å². The van der Waals surface area contributed by atoms with Crippen molar-refractivity contribution in [3.63, 3.8) is 0 Å². The molecule has 2 aromatic rings. The molecule has 0 saturated heterocycles. The summed E-state index contributed by atoms with van der Waals surface area (Å²) in [4.78, 5) is 0. The SMILES string of the molecule is CCCNCc1c(C)nn(-c2ccc(C)cc2C)c1C. The van der Waals surface area contributed by atoms with Crippen LogP contribution in [0.4, 0.5) is 0 Å². The molecule has 0 atom stereocenters. The quantitative estimate of drug-likeness (QED) is 0.842. The van der Waals surface area contributed by atoms with Gasteiger partial charge in [-0.05, 0) is 52.3 Å². The van der Waals surface area contributed by atoms with E-state index in [1.807, 2.05) is 0 Å². The van der Waals surface area contributed by atoms with Crippen LogP contribution in [-0.4, -0.2) is 16.3 Å². The number of nitrogens with zero attached hydrogens (tertiary/aromatic N) is 2. The Balaban J connectivity index is 2.35. The summed E-state index contributed by atoms with van der Waals surface area (Å²) < 4.78 is 2.08. The molecular weight excluding hydrogens is 246 g/mol. The molecule has 3 nitrogen and oxygen atoms in total. The van der Waals surface area contributed by atoms with E-state index in [-0.39, 0.29) is 0 Å². The third kappa shape index (κ3) is 2.93. The van der Waals surface area contributed by atoms with Gasteiger partial charge in [-0.1, -0.05) is 24.6 Å². The molecule has 0 unspecified atom stereocenters. The van der Waals surface area contributed by atoms with E-state index in [0.717, 1.165) is 25.2 Å². The Kier molecular flexibility index (Phi) is 4.61. The van der Waals surface area contributed by atoms with Gasteiger partial charge in [-0.25, -0.2) is 4.68 Å². The second kappa shape index (κ2) is 6.23. The normalized spacial score (nSPS) is 11.1. The highest BCUT2D eigenvalue weighted by Gasteiger charge is 2.13. The first kappa shape index (κ1) is 14.8. The molecule has 0 bridgehead atoms. The van der Waals surface area contributed by atoms with Gasteiger partial charge in [0.15, 0.2) is 0 Å². The second-order valence-electron chi connectivity index (χ2n) is 5.53. The Bertz CT molecular complexity index is 597. The molecule has 1 heterocycles.